The van der Waals surface area contributed by atoms with Gasteiger partial charge >= 0.3 is 0 Å². The molecule has 0 spiro atoms. The third-order valence-electron chi connectivity index (χ3n) is 1.37. The molecule has 0 radical (unpaired) electrons. The van der Waals surface area contributed by atoms with Gasteiger partial charge in [0.1, 0.15) is 4.90 Å². The van der Waals surface area contributed by atoms with Crippen molar-refractivity contribution >= 4 is 45.6 Å². The highest BCUT2D eigenvalue weighted by Crippen LogP contribution is 2.26. The summed E-state index contributed by atoms with van der Waals surface area (Å²) in [7, 11) is -1.26. The van der Waals surface area contributed by atoms with Gasteiger partial charge in [-0.15, -0.1) is 0 Å². The van der Waals surface area contributed by atoms with Gasteiger partial charge < -0.3 is 0 Å². The maximum absolute atomic E-state index is 11.6. The number of rotatable bonds is 3. The van der Waals surface area contributed by atoms with E-state index < -0.39 is 10.8 Å². The lowest BCUT2D eigenvalue weighted by Crippen LogP contribution is -2.02. The van der Waals surface area contributed by atoms with E-state index in [9.17, 15) is 4.21 Å². The van der Waals surface area contributed by atoms with Crippen LogP contribution in [0.3, 0.4) is 0 Å². The molecule has 0 saturated carbocycles. The van der Waals surface area contributed by atoms with E-state index in [1.807, 2.05) is 6.92 Å². The minimum atomic E-state index is -1.26. The molecule has 1 unspecified atom stereocenters. The lowest BCUT2D eigenvalue weighted by Gasteiger charge is -2.04. The molecule has 0 fully saturated rings. The van der Waals surface area contributed by atoms with Crippen molar-refractivity contribution in [2.45, 2.75) is 18.2 Å². The third kappa shape index (κ3) is 2.79. The van der Waals surface area contributed by atoms with E-state index in [0.717, 1.165) is 6.42 Å². The molecule has 1 aromatic heterocycles. The molecular weight excluding hydrogens is 267 g/mol. The average molecular weight is 274 g/mol. The molecule has 0 aromatic carbocycles. The third-order valence-corrected chi connectivity index (χ3v) is 3.93. The van der Waals surface area contributed by atoms with E-state index in [1.165, 1.54) is 0 Å². The zero-order chi connectivity index (χ0) is 10.7. The second-order valence-electron chi connectivity index (χ2n) is 2.45. The first kappa shape index (κ1) is 12.2. The maximum atomic E-state index is 11.6. The highest BCUT2D eigenvalue weighted by Gasteiger charge is 2.16. The summed E-state index contributed by atoms with van der Waals surface area (Å²) >= 11 is 17.0. The van der Waals surface area contributed by atoms with Crippen molar-refractivity contribution in [1.29, 1.82) is 0 Å². The van der Waals surface area contributed by atoms with E-state index in [4.69, 9.17) is 34.8 Å². The van der Waals surface area contributed by atoms with Crippen LogP contribution in [0.25, 0.3) is 0 Å². The van der Waals surface area contributed by atoms with Crippen molar-refractivity contribution in [2.24, 2.45) is 0 Å². The molecule has 0 bridgehead atoms. The normalized spacial score (nSPS) is 12.9. The fourth-order valence-electron chi connectivity index (χ4n) is 0.849. The topological polar surface area (TPSA) is 42.9 Å². The summed E-state index contributed by atoms with van der Waals surface area (Å²) in [6, 6.07) is 0. The van der Waals surface area contributed by atoms with Crippen molar-refractivity contribution in [3.63, 3.8) is 0 Å². The van der Waals surface area contributed by atoms with E-state index >= 15 is 0 Å². The van der Waals surface area contributed by atoms with Crippen molar-refractivity contribution in [3.05, 3.63) is 15.6 Å². The first-order valence-corrected chi connectivity index (χ1v) is 6.28. The Kier molecular flexibility index (Phi) is 4.57. The zero-order valence-corrected chi connectivity index (χ0v) is 10.3. The molecule has 0 amide bonds. The highest BCUT2D eigenvalue weighted by atomic mass is 35.5. The summed E-state index contributed by atoms with van der Waals surface area (Å²) in [6.45, 7) is 1.91. The summed E-state index contributed by atoms with van der Waals surface area (Å²) in [4.78, 5) is 7.62. The van der Waals surface area contributed by atoms with E-state index in [2.05, 4.69) is 9.97 Å². The monoisotopic (exact) mass is 272 g/mol. The number of hydrogen-bond acceptors (Lipinski definition) is 3. The van der Waals surface area contributed by atoms with Gasteiger partial charge in [0.2, 0.25) is 5.28 Å². The van der Waals surface area contributed by atoms with Gasteiger partial charge in [-0.2, -0.15) is 0 Å². The molecule has 0 aliphatic carbocycles. The predicted molar refractivity (Wildman–Crippen MR) is 58.6 cm³/mol. The van der Waals surface area contributed by atoms with Gasteiger partial charge in [-0.25, -0.2) is 9.97 Å². The number of halogens is 3. The smallest absolute Gasteiger partial charge is 0.225 e. The van der Waals surface area contributed by atoms with Gasteiger partial charge in [-0.3, -0.25) is 4.21 Å². The zero-order valence-electron chi connectivity index (χ0n) is 7.26. The van der Waals surface area contributed by atoms with Gasteiger partial charge in [0.15, 0.2) is 10.3 Å². The van der Waals surface area contributed by atoms with Crippen LogP contribution in [0.5, 0.6) is 0 Å². The van der Waals surface area contributed by atoms with Crippen LogP contribution in [0.1, 0.15) is 13.3 Å². The Balaban J connectivity index is 3.14. The maximum Gasteiger partial charge on any atom is 0.225 e. The molecule has 0 N–H and O–H groups in total. The Hall–Kier alpha value is 0.1000. The first-order chi connectivity index (χ1) is 6.56. The molecule has 1 aromatic rings. The molecule has 1 rings (SSSR count). The second kappa shape index (κ2) is 5.26. The fourth-order valence-corrected chi connectivity index (χ4v) is 3.05. The van der Waals surface area contributed by atoms with Crippen LogP contribution in [0, 0.1) is 0 Å². The quantitative estimate of drug-likeness (QED) is 0.628. The highest BCUT2D eigenvalue weighted by molar-refractivity contribution is 7.85. The molecule has 1 heterocycles. The molecule has 0 aliphatic rings. The van der Waals surface area contributed by atoms with Crippen LogP contribution in [0.15, 0.2) is 4.90 Å². The standard InChI is InChI=1S/C7H7Cl3N2OS/c1-2-3-14(13)4-5(8)11-7(10)12-6(4)9/h2-3H2,1H3. The van der Waals surface area contributed by atoms with Crippen molar-refractivity contribution < 1.29 is 4.21 Å². The molecule has 0 aliphatic heterocycles. The van der Waals surface area contributed by atoms with Crippen molar-refractivity contribution in [1.82, 2.24) is 9.97 Å². The van der Waals surface area contributed by atoms with Crippen LogP contribution in [0.4, 0.5) is 0 Å². The van der Waals surface area contributed by atoms with Gasteiger partial charge in [0, 0.05) is 5.75 Å². The Bertz CT molecular complexity index is 349. The van der Waals surface area contributed by atoms with Gasteiger partial charge in [0.05, 0.1) is 10.8 Å². The van der Waals surface area contributed by atoms with Gasteiger partial charge in [0.25, 0.3) is 0 Å². The molecule has 14 heavy (non-hydrogen) atoms. The van der Waals surface area contributed by atoms with Crippen LogP contribution in [-0.2, 0) is 10.8 Å². The lowest BCUT2D eigenvalue weighted by molar-refractivity contribution is 0.681. The van der Waals surface area contributed by atoms with Crippen LogP contribution in [0.2, 0.25) is 15.6 Å². The summed E-state index contributed by atoms with van der Waals surface area (Å²) in [5.74, 6) is 0.477. The van der Waals surface area contributed by atoms with Crippen LogP contribution >= 0.6 is 34.8 Å². The average Bonchev–Trinajstić information content (AvgIpc) is 2.01. The summed E-state index contributed by atoms with van der Waals surface area (Å²) in [5.41, 5.74) is 0. The largest absolute Gasteiger partial charge is 0.254 e. The number of aromatic nitrogens is 2. The lowest BCUT2D eigenvalue weighted by atomic mass is 10.6. The first-order valence-electron chi connectivity index (χ1n) is 3.83. The molecule has 7 heteroatoms. The van der Waals surface area contributed by atoms with Crippen LogP contribution < -0.4 is 0 Å². The van der Waals surface area contributed by atoms with Crippen molar-refractivity contribution in [2.75, 3.05) is 5.75 Å². The van der Waals surface area contributed by atoms with E-state index in [0.29, 0.717) is 5.75 Å². The predicted octanol–water partition coefficient (Wildman–Crippen LogP) is 2.95. The summed E-state index contributed by atoms with van der Waals surface area (Å²) in [6.07, 6.45) is 0.766. The molecule has 0 saturated heterocycles. The number of nitrogens with zero attached hydrogens (tertiary/aromatic N) is 2. The number of hydrogen-bond donors (Lipinski definition) is 0. The minimum Gasteiger partial charge on any atom is -0.254 e. The van der Waals surface area contributed by atoms with E-state index in [1.54, 1.807) is 0 Å². The molecule has 78 valence electrons. The summed E-state index contributed by atoms with van der Waals surface area (Å²) < 4.78 is 11.6. The minimum absolute atomic E-state index is 0.0442. The van der Waals surface area contributed by atoms with Crippen molar-refractivity contribution in [3.8, 4) is 0 Å². The van der Waals surface area contributed by atoms with E-state index in [-0.39, 0.29) is 20.5 Å². The fraction of sp³-hybridized carbons (Fsp3) is 0.429. The Morgan fingerprint density at radius 2 is 1.71 bits per heavy atom. The second-order valence-corrected chi connectivity index (χ2v) is 5.01. The Morgan fingerprint density at radius 3 is 2.14 bits per heavy atom. The molecule has 3 nitrogen and oxygen atoms in total. The van der Waals surface area contributed by atoms with Gasteiger partial charge in [-0.1, -0.05) is 30.1 Å². The Labute approximate surface area is 99.2 Å². The molecular formula is C7H7Cl3N2OS. The molecule has 1 atom stereocenters. The SMILES string of the molecule is CCCS(=O)c1c(Cl)nc(Cl)nc1Cl. The summed E-state index contributed by atoms with van der Waals surface area (Å²) in [5, 5.41) is 0.0702. The van der Waals surface area contributed by atoms with Gasteiger partial charge in [-0.05, 0) is 18.0 Å². The Morgan fingerprint density at radius 1 is 1.21 bits per heavy atom. The van der Waals surface area contributed by atoms with Crippen LogP contribution in [-0.4, -0.2) is 19.9 Å².